The fourth-order valence-corrected chi connectivity index (χ4v) is 2.03. The van der Waals surface area contributed by atoms with Crippen molar-refractivity contribution in [2.45, 2.75) is 38.7 Å². The molecule has 106 valence electrons. The Hall–Kier alpha value is -0.650. The number of ether oxygens (including phenoxy) is 2. The average Bonchev–Trinajstić information content (AvgIpc) is 2.37. The standard InChI is InChI=1S/C13H25NO4/c1-2-3-9-17-10-8-14-6-4-12(5-7-14)18-11-13(15)16/h12H,2-11H2,1H3,(H,15,16). The van der Waals surface area contributed by atoms with Crippen LogP contribution in [0, 0.1) is 0 Å². The van der Waals surface area contributed by atoms with Gasteiger partial charge in [-0.1, -0.05) is 13.3 Å². The van der Waals surface area contributed by atoms with E-state index in [1.807, 2.05) is 0 Å². The molecule has 1 saturated heterocycles. The fraction of sp³-hybridized carbons (Fsp3) is 0.923. The number of likely N-dealkylation sites (tertiary alicyclic amines) is 1. The lowest BCUT2D eigenvalue weighted by Gasteiger charge is -2.31. The fourth-order valence-electron chi connectivity index (χ4n) is 2.03. The highest BCUT2D eigenvalue weighted by Gasteiger charge is 2.19. The summed E-state index contributed by atoms with van der Waals surface area (Å²) in [6.45, 7) is 6.55. The number of carboxylic acids is 1. The lowest BCUT2D eigenvalue weighted by atomic mass is 10.1. The van der Waals surface area contributed by atoms with Gasteiger partial charge in [0.25, 0.3) is 0 Å². The van der Waals surface area contributed by atoms with Crippen LogP contribution in [0.5, 0.6) is 0 Å². The third kappa shape index (κ3) is 6.93. The maximum Gasteiger partial charge on any atom is 0.329 e. The quantitative estimate of drug-likeness (QED) is 0.634. The first kappa shape index (κ1) is 15.4. The van der Waals surface area contributed by atoms with E-state index in [9.17, 15) is 4.79 Å². The molecule has 0 amide bonds. The molecule has 1 fully saturated rings. The second-order valence-corrected chi connectivity index (χ2v) is 4.71. The Morgan fingerprint density at radius 2 is 2.06 bits per heavy atom. The monoisotopic (exact) mass is 259 g/mol. The summed E-state index contributed by atoms with van der Waals surface area (Å²) in [6, 6.07) is 0. The molecule has 0 aromatic heterocycles. The van der Waals surface area contributed by atoms with E-state index in [0.717, 1.165) is 52.1 Å². The molecule has 0 unspecified atom stereocenters. The Bertz CT molecular complexity index is 227. The van der Waals surface area contributed by atoms with Gasteiger partial charge in [-0.3, -0.25) is 0 Å². The van der Waals surface area contributed by atoms with Gasteiger partial charge < -0.3 is 19.5 Å². The molecule has 1 aliphatic rings. The minimum absolute atomic E-state index is 0.110. The molecule has 0 aromatic carbocycles. The predicted molar refractivity (Wildman–Crippen MR) is 68.8 cm³/mol. The molecule has 1 aliphatic heterocycles. The van der Waals surface area contributed by atoms with E-state index < -0.39 is 5.97 Å². The molecule has 5 heteroatoms. The van der Waals surface area contributed by atoms with Crippen LogP contribution in [0.1, 0.15) is 32.6 Å². The van der Waals surface area contributed by atoms with E-state index >= 15 is 0 Å². The molecule has 1 N–H and O–H groups in total. The second-order valence-electron chi connectivity index (χ2n) is 4.71. The van der Waals surface area contributed by atoms with Crippen molar-refractivity contribution in [1.82, 2.24) is 4.90 Å². The van der Waals surface area contributed by atoms with Crippen LogP contribution in [-0.4, -0.2) is 61.5 Å². The van der Waals surface area contributed by atoms with Crippen LogP contribution in [0.3, 0.4) is 0 Å². The molecule has 18 heavy (non-hydrogen) atoms. The van der Waals surface area contributed by atoms with E-state index in [2.05, 4.69) is 11.8 Å². The van der Waals surface area contributed by atoms with Gasteiger partial charge in [0, 0.05) is 26.2 Å². The van der Waals surface area contributed by atoms with E-state index in [0.29, 0.717) is 0 Å². The molecule has 0 bridgehead atoms. The Morgan fingerprint density at radius 3 is 2.67 bits per heavy atom. The van der Waals surface area contributed by atoms with Gasteiger partial charge in [0.2, 0.25) is 0 Å². The summed E-state index contributed by atoms with van der Waals surface area (Å²) in [6.07, 6.45) is 4.25. The lowest BCUT2D eigenvalue weighted by Crippen LogP contribution is -2.39. The smallest absolute Gasteiger partial charge is 0.329 e. The van der Waals surface area contributed by atoms with Crippen molar-refractivity contribution in [1.29, 1.82) is 0 Å². The second kappa shape index (κ2) is 9.30. The molecule has 1 rings (SSSR count). The highest BCUT2D eigenvalue weighted by molar-refractivity contribution is 5.68. The number of piperidine rings is 1. The van der Waals surface area contributed by atoms with Crippen molar-refractivity contribution in [3.05, 3.63) is 0 Å². The predicted octanol–water partition coefficient (Wildman–Crippen LogP) is 1.37. The van der Waals surface area contributed by atoms with Gasteiger partial charge in [-0.2, -0.15) is 0 Å². The van der Waals surface area contributed by atoms with Crippen LogP contribution in [0.4, 0.5) is 0 Å². The van der Waals surface area contributed by atoms with Crippen LogP contribution in [-0.2, 0) is 14.3 Å². The van der Waals surface area contributed by atoms with Crippen LogP contribution in [0.25, 0.3) is 0 Å². The van der Waals surface area contributed by atoms with Crippen LogP contribution in [0.15, 0.2) is 0 Å². The van der Waals surface area contributed by atoms with Crippen molar-refractivity contribution < 1.29 is 19.4 Å². The summed E-state index contributed by atoms with van der Waals surface area (Å²) in [7, 11) is 0. The highest BCUT2D eigenvalue weighted by Crippen LogP contribution is 2.13. The number of unbranched alkanes of at least 4 members (excludes halogenated alkanes) is 1. The third-order valence-corrected chi connectivity index (χ3v) is 3.17. The summed E-state index contributed by atoms with van der Waals surface area (Å²) in [4.78, 5) is 12.7. The topological polar surface area (TPSA) is 59.0 Å². The first-order valence-corrected chi connectivity index (χ1v) is 6.86. The maximum absolute atomic E-state index is 10.4. The Morgan fingerprint density at radius 1 is 1.33 bits per heavy atom. The molecule has 5 nitrogen and oxygen atoms in total. The molecule has 0 aliphatic carbocycles. The van der Waals surface area contributed by atoms with Crippen LogP contribution in [0.2, 0.25) is 0 Å². The zero-order valence-corrected chi connectivity index (χ0v) is 11.3. The number of nitrogens with zero attached hydrogens (tertiary/aromatic N) is 1. The van der Waals surface area contributed by atoms with E-state index in [1.54, 1.807) is 0 Å². The zero-order chi connectivity index (χ0) is 13.2. The minimum atomic E-state index is -0.887. The van der Waals surface area contributed by atoms with E-state index in [-0.39, 0.29) is 12.7 Å². The van der Waals surface area contributed by atoms with Gasteiger partial charge >= 0.3 is 5.97 Å². The normalized spacial score (nSPS) is 18.1. The van der Waals surface area contributed by atoms with Crippen LogP contribution >= 0.6 is 0 Å². The summed E-state index contributed by atoms with van der Waals surface area (Å²) < 4.78 is 10.8. The Balaban J connectivity index is 1.99. The van der Waals surface area contributed by atoms with Crippen LogP contribution < -0.4 is 0 Å². The summed E-state index contributed by atoms with van der Waals surface area (Å²) >= 11 is 0. The van der Waals surface area contributed by atoms with E-state index in [4.69, 9.17) is 14.6 Å². The van der Waals surface area contributed by atoms with Gasteiger partial charge in [0.1, 0.15) is 6.61 Å². The first-order valence-electron chi connectivity index (χ1n) is 6.86. The number of carboxylic acid groups (broad SMARTS) is 1. The number of aliphatic carboxylic acids is 1. The minimum Gasteiger partial charge on any atom is -0.480 e. The third-order valence-electron chi connectivity index (χ3n) is 3.17. The molecular formula is C13H25NO4. The SMILES string of the molecule is CCCCOCCN1CCC(OCC(=O)O)CC1. The average molecular weight is 259 g/mol. The van der Waals surface area contributed by atoms with Gasteiger partial charge in [0.05, 0.1) is 12.7 Å². The van der Waals surface area contributed by atoms with Crippen molar-refractivity contribution in [3.8, 4) is 0 Å². The maximum atomic E-state index is 10.4. The van der Waals surface area contributed by atoms with Crippen molar-refractivity contribution in [2.75, 3.05) is 39.5 Å². The van der Waals surface area contributed by atoms with Gasteiger partial charge in [-0.25, -0.2) is 4.79 Å². The zero-order valence-electron chi connectivity index (χ0n) is 11.3. The molecule has 0 spiro atoms. The lowest BCUT2D eigenvalue weighted by molar-refractivity contribution is -0.145. The summed E-state index contributed by atoms with van der Waals surface area (Å²) in [5, 5.41) is 8.53. The Kier molecular flexibility index (Phi) is 7.96. The van der Waals surface area contributed by atoms with E-state index in [1.165, 1.54) is 6.42 Å². The molecular weight excluding hydrogens is 234 g/mol. The number of hydrogen-bond donors (Lipinski definition) is 1. The van der Waals surface area contributed by atoms with Crippen molar-refractivity contribution in [2.24, 2.45) is 0 Å². The molecule has 0 radical (unpaired) electrons. The Labute approximate surface area is 109 Å². The summed E-state index contributed by atoms with van der Waals surface area (Å²) in [5.41, 5.74) is 0. The molecule has 0 atom stereocenters. The number of hydrogen-bond acceptors (Lipinski definition) is 4. The van der Waals surface area contributed by atoms with Crippen molar-refractivity contribution >= 4 is 5.97 Å². The number of carbonyl (C=O) groups is 1. The van der Waals surface area contributed by atoms with Crippen molar-refractivity contribution in [3.63, 3.8) is 0 Å². The highest BCUT2D eigenvalue weighted by atomic mass is 16.5. The molecule has 0 saturated carbocycles. The molecule has 0 aromatic rings. The van der Waals surface area contributed by atoms with Gasteiger partial charge in [-0.05, 0) is 19.3 Å². The summed E-state index contributed by atoms with van der Waals surface area (Å²) in [5.74, 6) is -0.887. The molecule has 1 heterocycles. The van der Waals surface area contributed by atoms with Gasteiger partial charge in [0.15, 0.2) is 0 Å². The first-order chi connectivity index (χ1) is 8.72. The number of rotatable bonds is 9. The van der Waals surface area contributed by atoms with Gasteiger partial charge in [-0.15, -0.1) is 0 Å². The largest absolute Gasteiger partial charge is 0.480 e.